The number of nitrogens with zero attached hydrogens (tertiary/aromatic N) is 3. The van der Waals surface area contributed by atoms with Gasteiger partial charge in [0.2, 0.25) is 15.9 Å². The van der Waals surface area contributed by atoms with Gasteiger partial charge in [0, 0.05) is 37.8 Å². The van der Waals surface area contributed by atoms with Crippen LogP contribution in [0.25, 0.3) is 0 Å². The molecule has 1 amide bonds. The van der Waals surface area contributed by atoms with Crippen molar-refractivity contribution in [2.24, 2.45) is 5.73 Å². The monoisotopic (exact) mass is 312 g/mol. The second-order valence-corrected chi connectivity index (χ2v) is 7.34. The summed E-state index contributed by atoms with van der Waals surface area (Å²) < 4.78 is 24.7. The van der Waals surface area contributed by atoms with Crippen LogP contribution in [0.2, 0.25) is 0 Å². The summed E-state index contributed by atoms with van der Waals surface area (Å²) in [5.74, 6) is -0.289. The van der Waals surface area contributed by atoms with E-state index in [9.17, 15) is 13.2 Å². The largest absolute Gasteiger partial charge is 0.370 e. The molecule has 1 unspecified atom stereocenters. The van der Waals surface area contributed by atoms with Crippen LogP contribution in [-0.4, -0.2) is 47.9 Å². The summed E-state index contributed by atoms with van der Waals surface area (Å²) in [6, 6.07) is 0. The molecule has 0 saturated carbocycles. The molecule has 7 nitrogen and oxygen atoms in total. The predicted octanol–water partition coefficient (Wildman–Crippen LogP) is 0.0335. The fraction of sp³-hybridized carbons (Fsp3) is 0.615. The van der Waals surface area contributed by atoms with E-state index in [-0.39, 0.29) is 18.2 Å². The smallest absolute Gasteiger partial charge is 0.217 e. The Morgan fingerprint density at radius 2 is 2.19 bits per heavy atom. The second-order valence-electron chi connectivity index (χ2n) is 5.36. The fourth-order valence-electron chi connectivity index (χ4n) is 2.44. The van der Waals surface area contributed by atoms with Gasteiger partial charge in [0.25, 0.3) is 0 Å². The van der Waals surface area contributed by atoms with Crippen molar-refractivity contribution >= 4 is 15.9 Å². The van der Waals surface area contributed by atoms with E-state index in [1.54, 1.807) is 12.4 Å². The molecule has 2 heterocycles. The summed E-state index contributed by atoms with van der Waals surface area (Å²) in [6.45, 7) is 1.02. The van der Waals surface area contributed by atoms with Gasteiger partial charge in [-0.05, 0) is 19.3 Å². The minimum Gasteiger partial charge on any atom is -0.370 e. The van der Waals surface area contributed by atoms with Crippen LogP contribution < -0.4 is 5.73 Å². The van der Waals surface area contributed by atoms with E-state index in [0.717, 1.165) is 18.5 Å². The molecule has 21 heavy (non-hydrogen) atoms. The van der Waals surface area contributed by atoms with Gasteiger partial charge < -0.3 is 5.73 Å². The molecule has 0 aromatic carbocycles. The fourth-order valence-corrected chi connectivity index (χ4v) is 3.35. The zero-order chi connectivity index (χ0) is 15.5. The number of aryl methyl sites for hydroxylation is 1. The van der Waals surface area contributed by atoms with Gasteiger partial charge in [0.05, 0.1) is 17.6 Å². The molecule has 2 N–H and O–H groups in total. The Hall–Kier alpha value is -1.54. The van der Waals surface area contributed by atoms with Gasteiger partial charge in [-0.15, -0.1) is 0 Å². The van der Waals surface area contributed by atoms with E-state index < -0.39 is 10.0 Å². The van der Waals surface area contributed by atoms with E-state index in [1.165, 1.54) is 10.6 Å². The molecule has 0 bridgehead atoms. The molecule has 8 heteroatoms. The number of hydrogen-bond donors (Lipinski definition) is 1. The van der Waals surface area contributed by atoms with Crippen LogP contribution >= 0.6 is 0 Å². The number of sulfonamides is 1. The van der Waals surface area contributed by atoms with Crippen molar-refractivity contribution in [3.63, 3.8) is 0 Å². The average Bonchev–Trinajstić information content (AvgIpc) is 2.45. The summed E-state index contributed by atoms with van der Waals surface area (Å²) >= 11 is 0. The first-order valence-electron chi connectivity index (χ1n) is 6.90. The number of carbonyl (C=O) groups is 1. The van der Waals surface area contributed by atoms with E-state index in [0.29, 0.717) is 25.2 Å². The SMILES string of the molecule is CS(=O)(=O)N1CCCC(c2cnc(CCC(N)=O)cn2)C1. The minimum atomic E-state index is -3.16. The van der Waals surface area contributed by atoms with Crippen LogP contribution in [0.3, 0.4) is 0 Å². The number of nitrogens with two attached hydrogens (primary N) is 1. The van der Waals surface area contributed by atoms with Crippen LogP contribution in [0.15, 0.2) is 12.4 Å². The van der Waals surface area contributed by atoms with E-state index in [2.05, 4.69) is 9.97 Å². The Kier molecular flexibility index (Phi) is 4.89. The van der Waals surface area contributed by atoms with Crippen molar-refractivity contribution in [2.45, 2.75) is 31.6 Å². The van der Waals surface area contributed by atoms with Gasteiger partial charge in [-0.25, -0.2) is 12.7 Å². The Bertz CT molecular complexity index is 600. The van der Waals surface area contributed by atoms with Crippen molar-refractivity contribution in [2.75, 3.05) is 19.3 Å². The quantitative estimate of drug-likeness (QED) is 0.826. The maximum absolute atomic E-state index is 11.6. The van der Waals surface area contributed by atoms with Crippen LogP contribution in [-0.2, 0) is 21.2 Å². The first-order valence-corrected chi connectivity index (χ1v) is 8.75. The molecule has 1 aliphatic rings. The molecular weight excluding hydrogens is 292 g/mol. The van der Waals surface area contributed by atoms with Crippen LogP contribution in [0.5, 0.6) is 0 Å². The lowest BCUT2D eigenvalue weighted by Gasteiger charge is -2.30. The molecule has 0 radical (unpaired) electrons. The predicted molar refractivity (Wildman–Crippen MR) is 77.9 cm³/mol. The lowest BCUT2D eigenvalue weighted by Crippen LogP contribution is -2.38. The highest BCUT2D eigenvalue weighted by Gasteiger charge is 2.27. The normalized spacial score (nSPS) is 20.3. The van der Waals surface area contributed by atoms with Gasteiger partial charge in [-0.2, -0.15) is 0 Å². The van der Waals surface area contributed by atoms with E-state index >= 15 is 0 Å². The average molecular weight is 312 g/mol. The van der Waals surface area contributed by atoms with Crippen LogP contribution in [0, 0.1) is 0 Å². The van der Waals surface area contributed by atoms with Gasteiger partial charge in [-0.1, -0.05) is 0 Å². The molecule has 116 valence electrons. The number of hydrogen-bond acceptors (Lipinski definition) is 5. The van der Waals surface area contributed by atoms with E-state index in [1.807, 2.05) is 0 Å². The number of carbonyl (C=O) groups excluding carboxylic acids is 1. The summed E-state index contributed by atoms with van der Waals surface area (Å²) in [7, 11) is -3.16. The molecule has 0 spiro atoms. The van der Waals surface area contributed by atoms with Crippen LogP contribution in [0.1, 0.15) is 36.6 Å². The first kappa shape index (κ1) is 15.8. The number of amides is 1. The molecule has 1 atom stereocenters. The van der Waals surface area contributed by atoms with E-state index in [4.69, 9.17) is 5.73 Å². The molecule has 0 aliphatic carbocycles. The second kappa shape index (κ2) is 6.48. The van der Waals surface area contributed by atoms with Gasteiger partial charge in [-0.3, -0.25) is 14.8 Å². The standard InChI is InChI=1S/C13H20N4O3S/c1-21(19,20)17-6-2-3-10(9-17)12-8-15-11(7-16-12)4-5-13(14)18/h7-8,10H,2-6,9H2,1H3,(H2,14,18). The van der Waals surface area contributed by atoms with Crippen molar-refractivity contribution in [1.29, 1.82) is 0 Å². The van der Waals surface area contributed by atoms with Gasteiger partial charge >= 0.3 is 0 Å². The van der Waals surface area contributed by atoms with Crippen molar-refractivity contribution < 1.29 is 13.2 Å². The molecular formula is C13H20N4O3S. The molecule has 1 saturated heterocycles. The summed E-state index contributed by atoms with van der Waals surface area (Å²) in [6.07, 6.45) is 6.99. The summed E-state index contributed by atoms with van der Waals surface area (Å²) in [4.78, 5) is 19.4. The highest BCUT2D eigenvalue weighted by atomic mass is 32.2. The Balaban J connectivity index is 2.03. The Morgan fingerprint density at radius 3 is 2.76 bits per heavy atom. The van der Waals surface area contributed by atoms with Gasteiger partial charge in [0.15, 0.2) is 0 Å². The molecule has 1 aromatic heterocycles. The minimum absolute atomic E-state index is 0.0752. The highest BCUT2D eigenvalue weighted by Crippen LogP contribution is 2.26. The van der Waals surface area contributed by atoms with Crippen molar-refractivity contribution in [1.82, 2.24) is 14.3 Å². The van der Waals surface area contributed by atoms with Gasteiger partial charge in [0.1, 0.15) is 0 Å². The zero-order valence-corrected chi connectivity index (χ0v) is 12.8. The van der Waals surface area contributed by atoms with Crippen molar-refractivity contribution in [3.05, 3.63) is 23.8 Å². The zero-order valence-electron chi connectivity index (χ0n) is 12.0. The maximum Gasteiger partial charge on any atom is 0.217 e. The molecule has 1 fully saturated rings. The summed E-state index contributed by atoms with van der Waals surface area (Å²) in [5, 5.41) is 0. The van der Waals surface area contributed by atoms with Crippen LogP contribution in [0.4, 0.5) is 0 Å². The number of piperidine rings is 1. The third-order valence-electron chi connectivity index (χ3n) is 3.62. The molecule has 1 aromatic rings. The maximum atomic E-state index is 11.6. The Labute approximate surface area is 124 Å². The third kappa shape index (κ3) is 4.47. The topological polar surface area (TPSA) is 106 Å². The molecule has 2 rings (SSSR count). The number of aromatic nitrogens is 2. The Morgan fingerprint density at radius 1 is 1.43 bits per heavy atom. The molecule has 1 aliphatic heterocycles. The lowest BCUT2D eigenvalue weighted by molar-refractivity contribution is -0.118. The highest BCUT2D eigenvalue weighted by molar-refractivity contribution is 7.88. The third-order valence-corrected chi connectivity index (χ3v) is 4.89. The number of primary amides is 1. The summed E-state index contributed by atoms with van der Waals surface area (Å²) in [5.41, 5.74) is 6.61. The number of rotatable bonds is 5. The van der Waals surface area contributed by atoms with Crippen molar-refractivity contribution in [3.8, 4) is 0 Å². The lowest BCUT2D eigenvalue weighted by atomic mass is 9.96. The first-order chi connectivity index (χ1) is 9.86.